The molecule has 0 spiro atoms. The normalized spacial score (nSPS) is 18.0. The molecular weight excluding hydrogens is 257 g/mol. The maximum absolute atomic E-state index is 11.9. The van der Waals surface area contributed by atoms with Crippen LogP contribution in [0.25, 0.3) is 0 Å². The molecule has 1 fully saturated rings. The van der Waals surface area contributed by atoms with Gasteiger partial charge in [-0.3, -0.25) is 4.79 Å². The molecule has 4 heteroatoms. The molecule has 1 aliphatic rings. The van der Waals surface area contributed by atoms with Crippen molar-refractivity contribution in [3.8, 4) is 0 Å². The van der Waals surface area contributed by atoms with E-state index in [4.69, 9.17) is 23.2 Å². The number of carbonyl (C=O) groups is 1. The molecule has 17 heavy (non-hydrogen) atoms. The van der Waals surface area contributed by atoms with E-state index < -0.39 is 5.38 Å². The van der Waals surface area contributed by atoms with Gasteiger partial charge in [-0.25, -0.2) is 0 Å². The van der Waals surface area contributed by atoms with Gasteiger partial charge in [-0.15, -0.1) is 11.6 Å². The number of hydrogen-bond donors (Lipinski definition) is 1. The zero-order valence-electron chi connectivity index (χ0n) is 9.46. The van der Waals surface area contributed by atoms with Gasteiger partial charge in [-0.05, 0) is 24.5 Å². The van der Waals surface area contributed by atoms with E-state index in [1.54, 1.807) is 12.1 Å². The van der Waals surface area contributed by atoms with Crippen LogP contribution < -0.4 is 5.32 Å². The maximum Gasteiger partial charge on any atom is 0.242 e. The van der Waals surface area contributed by atoms with Crippen molar-refractivity contribution in [1.82, 2.24) is 5.32 Å². The van der Waals surface area contributed by atoms with Crippen LogP contribution in [0.5, 0.6) is 0 Å². The van der Waals surface area contributed by atoms with E-state index in [2.05, 4.69) is 5.32 Å². The van der Waals surface area contributed by atoms with E-state index in [1.807, 2.05) is 12.1 Å². The summed E-state index contributed by atoms with van der Waals surface area (Å²) in [5, 5.41) is 2.81. The lowest BCUT2D eigenvalue weighted by Crippen LogP contribution is -2.35. The molecule has 1 amide bonds. The van der Waals surface area contributed by atoms with Gasteiger partial charge in [-0.2, -0.15) is 0 Å². The van der Waals surface area contributed by atoms with E-state index in [-0.39, 0.29) is 11.9 Å². The van der Waals surface area contributed by atoms with Crippen LogP contribution in [-0.2, 0) is 4.79 Å². The fourth-order valence-corrected chi connectivity index (χ4v) is 2.72. The van der Waals surface area contributed by atoms with E-state index in [0.717, 1.165) is 12.8 Å². The van der Waals surface area contributed by atoms with Gasteiger partial charge in [0, 0.05) is 11.1 Å². The average Bonchev–Trinajstić information content (AvgIpc) is 2.81. The summed E-state index contributed by atoms with van der Waals surface area (Å²) < 4.78 is 0. The van der Waals surface area contributed by atoms with Crippen LogP contribution in [0.4, 0.5) is 0 Å². The molecule has 1 atom stereocenters. The summed E-state index contributed by atoms with van der Waals surface area (Å²) in [6.45, 7) is 0. The molecule has 0 radical (unpaired) electrons. The number of alkyl halides is 1. The first kappa shape index (κ1) is 12.7. The Kier molecular flexibility index (Phi) is 4.30. The van der Waals surface area contributed by atoms with E-state index in [9.17, 15) is 4.79 Å². The third-order valence-corrected chi connectivity index (χ3v) is 3.89. The van der Waals surface area contributed by atoms with Crippen LogP contribution in [0.2, 0.25) is 5.02 Å². The van der Waals surface area contributed by atoms with Gasteiger partial charge in [0.1, 0.15) is 5.38 Å². The number of rotatable bonds is 3. The average molecular weight is 272 g/mol. The summed E-state index contributed by atoms with van der Waals surface area (Å²) >= 11 is 12.2. The highest BCUT2D eigenvalue weighted by atomic mass is 35.5. The third kappa shape index (κ3) is 3.14. The zero-order chi connectivity index (χ0) is 12.3. The summed E-state index contributed by atoms with van der Waals surface area (Å²) in [4.78, 5) is 11.9. The van der Waals surface area contributed by atoms with Gasteiger partial charge in [-0.1, -0.05) is 42.6 Å². The molecule has 1 aromatic carbocycles. The monoisotopic (exact) mass is 271 g/mol. The fraction of sp³-hybridized carbons (Fsp3) is 0.462. The fourth-order valence-electron chi connectivity index (χ4n) is 2.17. The number of halogens is 2. The topological polar surface area (TPSA) is 29.1 Å². The summed E-state index contributed by atoms with van der Waals surface area (Å²) in [6, 6.07) is 7.47. The lowest BCUT2D eigenvalue weighted by molar-refractivity contribution is -0.121. The van der Waals surface area contributed by atoms with Crippen molar-refractivity contribution in [2.75, 3.05) is 0 Å². The van der Waals surface area contributed by atoms with Crippen molar-refractivity contribution in [2.45, 2.75) is 37.1 Å². The number of hydrogen-bond acceptors (Lipinski definition) is 1. The van der Waals surface area contributed by atoms with Gasteiger partial charge in [0.15, 0.2) is 0 Å². The van der Waals surface area contributed by atoms with Crippen molar-refractivity contribution >= 4 is 29.1 Å². The summed E-state index contributed by atoms with van der Waals surface area (Å²) in [7, 11) is 0. The first-order valence-corrected chi connectivity index (χ1v) is 6.69. The van der Waals surface area contributed by atoms with Gasteiger partial charge in [0.25, 0.3) is 0 Å². The quantitative estimate of drug-likeness (QED) is 0.835. The summed E-state index contributed by atoms with van der Waals surface area (Å²) in [6.07, 6.45) is 4.48. The molecule has 1 N–H and O–H groups in total. The van der Waals surface area contributed by atoms with Crippen LogP contribution in [-0.4, -0.2) is 11.9 Å². The second-order valence-electron chi connectivity index (χ2n) is 4.37. The second kappa shape index (κ2) is 5.74. The Morgan fingerprint density at radius 1 is 1.29 bits per heavy atom. The van der Waals surface area contributed by atoms with Gasteiger partial charge in [0.05, 0.1) is 0 Å². The molecule has 1 aromatic rings. The summed E-state index contributed by atoms with van der Waals surface area (Å²) in [5.41, 5.74) is 0.673. The zero-order valence-corrected chi connectivity index (χ0v) is 11.0. The van der Waals surface area contributed by atoms with Crippen LogP contribution in [0, 0.1) is 0 Å². The molecule has 92 valence electrons. The highest BCUT2D eigenvalue weighted by molar-refractivity contribution is 6.35. The molecular formula is C13H15Cl2NO. The molecule has 2 nitrogen and oxygen atoms in total. The van der Waals surface area contributed by atoms with E-state index in [0.29, 0.717) is 10.6 Å². The maximum atomic E-state index is 11.9. The molecule has 0 aliphatic heterocycles. The minimum Gasteiger partial charge on any atom is -0.352 e. The Balaban J connectivity index is 2.01. The van der Waals surface area contributed by atoms with Crippen molar-refractivity contribution in [1.29, 1.82) is 0 Å². The SMILES string of the molecule is O=C(NC1CCCC1)C(Cl)c1ccccc1Cl. The first-order valence-electron chi connectivity index (χ1n) is 5.87. The highest BCUT2D eigenvalue weighted by Crippen LogP contribution is 2.28. The largest absolute Gasteiger partial charge is 0.352 e. The third-order valence-electron chi connectivity index (χ3n) is 3.11. The molecule has 0 heterocycles. The molecule has 1 unspecified atom stereocenters. The molecule has 0 aromatic heterocycles. The van der Waals surface area contributed by atoms with Crippen LogP contribution in [0.1, 0.15) is 36.6 Å². The first-order chi connectivity index (χ1) is 8.18. The minimum absolute atomic E-state index is 0.147. The lowest BCUT2D eigenvalue weighted by Gasteiger charge is -2.16. The Morgan fingerprint density at radius 2 is 1.94 bits per heavy atom. The predicted octanol–water partition coefficient (Wildman–Crippen LogP) is 3.68. The molecule has 1 aliphatic carbocycles. The standard InChI is InChI=1S/C13H15Cl2NO/c14-11-8-4-3-7-10(11)12(15)13(17)16-9-5-1-2-6-9/h3-4,7-9,12H,1-2,5-6H2,(H,16,17). The number of nitrogens with one attached hydrogen (secondary N) is 1. The molecule has 2 rings (SSSR count). The van der Waals surface area contributed by atoms with Crippen molar-refractivity contribution in [3.63, 3.8) is 0 Å². The van der Waals surface area contributed by atoms with Crippen LogP contribution in [0.15, 0.2) is 24.3 Å². The molecule has 1 saturated carbocycles. The van der Waals surface area contributed by atoms with Crippen LogP contribution >= 0.6 is 23.2 Å². The molecule has 0 bridgehead atoms. The second-order valence-corrected chi connectivity index (χ2v) is 5.22. The molecule has 0 saturated heterocycles. The lowest BCUT2D eigenvalue weighted by atomic mass is 10.1. The van der Waals surface area contributed by atoms with Crippen molar-refractivity contribution in [3.05, 3.63) is 34.9 Å². The summed E-state index contributed by atoms with van der Waals surface area (Å²) in [5.74, 6) is -0.147. The van der Waals surface area contributed by atoms with Gasteiger partial charge >= 0.3 is 0 Å². The van der Waals surface area contributed by atoms with E-state index in [1.165, 1.54) is 12.8 Å². The number of benzene rings is 1. The number of carbonyl (C=O) groups excluding carboxylic acids is 1. The van der Waals surface area contributed by atoms with Gasteiger partial charge < -0.3 is 5.32 Å². The Bertz CT molecular complexity index is 402. The Morgan fingerprint density at radius 3 is 2.59 bits per heavy atom. The van der Waals surface area contributed by atoms with Crippen LogP contribution in [0.3, 0.4) is 0 Å². The van der Waals surface area contributed by atoms with Crippen molar-refractivity contribution in [2.24, 2.45) is 0 Å². The predicted molar refractivity (Wildman–Crippen MR) is 70.4 cm³/mol. The Labute approximate surface area is 111 Å². The highest BCUT2D eigenvalue weighted by Gasteiger charge is 2.24. The number of amides is 1. The van der Waals surface area contributed by atoms with Crippen molar-refractivity contribution < 1.29 is 4.79 Å². The Hall–Kier alpha value is -0.730. The smallest absolute Gasteiger partial charge is 0.242 e. The van der Waals surface area contributed by atoms with E-state index >= 15 is 0 Å². The minimum atomic E-state index is -0.704. The van der Waals surface area contributed by atoms with Gasteiger partial charge in [0.2, 0.25) is 5.91 Å².